The van der Waals surface area contributed by atoms with Crippen molar-refractivity contribution in [3.05, 3.63) is 89.9 Å². The molecule has 2 aromatic carbocycles. The molecule has 1 unspecified atom stereocenters. The molecule has 156 valence electrons. The number of piperazine rings is 1. The zero-order valence-electron chi connectivity index (χ0n) is 16.4. The number of benzene rings is 2. The first-order valence-electron chi connectivity index (χ1n) is 9.92. The van der Waals surface area contributed by atoms with E-state index >= 15 is 0 Å². The molecule has 3 aromatic rings. The van der Waals surface area contributed by atoms with E-state index in [-0.39, 0.29) is 11.6 Å². The predicted molar refractivity (Wildman–Crippen MR) is 110 cm³/mol. The third-order valence-corrected chi connectivity index (χ3v) is 5.39. The van der Waals surface area contributed by atoms with Crippen molar-refractivity contribution in [2.24, 2.45) is 0 Å². The molecule has 0 saturated carbocycles. The number of hydrogen-bond acceptors (Lipinski definition) is 4. The van der Waals surface area contributed by atoms with Crippen LogP contribution in [0.15, 0.2) is 71.3 Å². The second-order valence-electron chi connectivity index (χ2n) is 7.23. The van der Waals surface area contributed by atoms with E-state index in [9.17, 15) is 13.6 Å². The van der Waals surface area contributed by atoms with Gasteiger partial charge in [0.2, 0.25) is 0 Å². The minimum absolute atomic E-state index is 0.0843. The van der Waals surface area contributed by atoms with Crippen LogP contribution in [0.25, 0.3) is 0 Å². The molecule has 0 spiro atoms. The first kappa shape index (κ1) is 20.1. The summed E-state index contributed by atoms with van der Waals surface area (Å²) < 4.78 is 32.2. The highest BCUT2D eigenvalue weighted by molar-refractivity contribution is 5.94. The highest BCUT2D eigenvalue weighted by Crippen LogP contribution is 2.24. The molecule has 1 atom stereocenters. The molecule has 0 radical (unpaired) electrons. The van der Waals surface area contributed by atoms with Crippen molar-refractivity contribution in [3.8, 4) is 0 Å². The maximum Gasteiger partial charge on any atom is 0.251 e. The standard InChI is InChI=1S/C23H23F2N3O2/c24-19-9-8-17(15-20(19)25)23(29)26-16-21(22-7-4-14-30-22)28-12-10-27(11-13-28)18-5-2-1-3-6-18/h1-9,14-15,21H,10-13,16H2,(H,26,29). The van der Waals surface area contributed by atoms with Crippen molar-refractivity contribution >= 4 is 11.6 Å². The largest absolute Gasteiger partial charge is 0.468 e. The lowest BCUT2D eigenvalue weighted by Gasteiger charge is -2.39. The molecule has 1 saturated heterocycles. The smallest absolute Gasteiger partial charge is 0.251 e. The van der Waals surface area contributed by atoms with Gasteiger partial charge in [0, 0.05) is 44.0 Å². The normalized spacial score (nSPS) is 15.7. The molecular weight excluding hydrogens is 388 g/mol. The quantitative estimate of drug-likeness (QED) is 0.669. The van der Waals surface area contributed by atoms with E-state index in [1.54, 1.807) is 6.26 Å². The van der Waals surface area contributed by atoms with Gasteiger partial charge in [-0.1, -0.05) is 18.2 Å². The summed E-state index contributed by atoms with van der Waals surface area (Å²) in [7, 11) is 0. The zero-order chi connectivity index (χ0) is 20.9. The van der Waals surface area contributed by atoms with Crippen molar-refractivity contribution in [2.75, 3.05) is 37.6 Å². The maximum absolute atomic E-state index is 13.4. The highest BCUT2D eigenvalue weighted by atomic mass is 19.2. The van der Waals surface area contributed by atoms with E-state index in [4.69, 9.17) is 4.42 Å². The number of nitrogens with one attached hydrogen (secondary N) is 1. The molecule has 4 rings (SSSR count). The third-order valence-electron chi connectivity index (χ3n) is 5.39. The molecule has 1 fully saturated rings. The van der Waals surface area contributed by atoms with Gasteiger partial charge in [-0.3, -0.25) is 9.69 Å². The molecule has 1 aliphatic rings. The molecule has 0 bridgehead atoms. The average Bonchev–Trinajstić information content (AvgIpc) is 3.31. The van der Waals surface area contributed by atoms with Gasteiger partial charge in [0.05, 0.1) is 12.3 Å². The second-order valence-corrected chi connectivity index (χ2v) is 7.23. The first-order chi connectivity index (χ1) is 14.6. The minimum atomic E-state index is -1.04. The Bertz CT molecular complexity index is 971. The van der Waals surface area contributed by atoms with Gasteiger partial charge in [0.25, 0.3) is 5.91 Å². The van der Waals surface area contributed by atoms with Gasteiger partial charge in [-0.15, -0.1) is 0 Å². The Balaban J connectivity index is 1.41. The topological polar surface area (TPSA) is 48.7 Å². The van der Waals surface area contributed by atoms with Crippen LogP contribution in [0, 0.1) is 11.6 Å². The van der Waals surface area contributed by atoms with Crippen LogP contribution in [-0.4, -0.2) is 43.5 Å². The number of carbonyl (C=O) groups is 1. The predicted octanol–water partition coefficient (Wildman–Crippen LogP) is 3.85. The highest BCUT2D eigenvalue weighted by Gasteiger charge is 2.27. The van der Waals surface area contributed by atoms with Crippen LogP contribution in [0.2, 0.25) is 0 Å². The monoisotopic (exact) mass is 411 g/mol. The number of amides is 1. The summed E-state index contributed by atoms with van der Waals surface area (Å²) in [6.07, 6.45) is 1.61. The number of furan rings is 1. The number of para-hydroxylation sites is 1. The molecule has 1 amide bonds. The summed E-state index contributed by atoms with van der Waals surface area (Å²) in [5.41, 5.74) is 1.28. The van der Waals surface area contributed by atoms with Crippen LogP contribution < -0.4 is 10.2 Å². The van der Waals surface area contributed by atoms with Crippen LogP contribution in [-0.2, 0) is 0 Å². The van der Waals surface area contributed by atoms with Crippen LogP contribution in [0.1, 0.15) is 22.2 Å². The Labute approximate surface area is 173 Å². The fraction of sp³-hybridized carbons (Fsp3) is 0.261. The fourth-order valence-corrected chi connectivity index (χ4v) is 3.75. The molecule has 30 heavy (non-hydrogen) atoms. The lowest BCUT2D eigenvalue weighted by molar-refractivity contribution is 0.0922. The minimum Gasteiger partial charge on any atom is -0.468 e. The van der Waals surface area contributed by atoms with Gasteiger partial charge in [-0.25, -0.2) is 8.78 Å². The number of hydrogen-bond donors (Lipinski definition) is 1. The average molecular weight is 411 g/mol. The van der Waals surface area contributed by atoms with Crippen LogP contribution >= 0.6 is 0 Å². The Morgan fingerprint density at radius 2 is 1.73 bits per heavy atom. The lowest BCUT2D eigenvalue weighted by Crippen LogP contribution is -2.49. The number of halogens is 2. The Morgan fingerprint density at radius 3 is 2.40 bits per heavy atom. The van der Waals surface area contributed by atoms with E-state index < -0.39 is 17.5 Å². The lowest BCUT2D eigenvalue weighted by atomic mass is 10.1. The van der Waals surface area contributed by atoms with Gasteiger partial charge in [0.15, 0.2) is 11.6 Å². The van der Waals surface area contributed by atoms with Gasteiger partial charge < -0.3 is 14.6 Å². The molecule has 1 aromatic heterocycles. The Hall–Kier alpha value is -3.19. The Morgan fingerprint density at radius 1 is 0.967 bits per heavy atom. The summed E-state index contributed by atoms with van der Waals surface area (Å²) in [6.45, 7) is 3.63. The van der Waals surface area contributed by atoms with Gasteiger partial charge in [-0.05, 0) is 42.5 Å². The molecule has 0 aliphatic carbocycles. The van der Waals surface area contributed by atoms with E-state index in [2.05, 4.69) is 27.2 Å². The number of nitrogens with zero attached hydrogens (tertiary/aromatic N) is 2. The van der Waals surface area contributed by atoms with E-state index in [0.717, 1.165) is 44.1 Å². The van der Waals surface area contributed by atoms with E-state index in [0.29, 0.717) is 6.54 Å². The van der Waals surface area contributed by atoms with Crippen molar-refractivity contribution in [3.63, 3.8) is 0 Å². The summed E-state index contributed by atoms with van der Waals surface area (Å²) in [4.78, 5) is 17.0. The number of rotatable bonds is 6. The molecule has 5 nitrogen and oxygen atoms in total. The van der Waals surface area contributed by atoms with Crippen molar-refractivity contribution in [2.45, 2.75) is 6.04 Å². The van der Waals surface area contributed by atoms with Crippen molar-refractivity contribution in [1.29, 1.82) is 0 Å². The second kappa shape index (κ2) is 9.09. The van der Waals surface area contributed by atoms with Crippen LogP contribution in [0.3, 0.4) is 0 Å². The summed E-state index contributed by atoms with van der Waals surface area (Å²) in [5.74, 6) is -1.71. The van der Waals surface area contributed by atoms with Crippen LogP contribution in [0.5, 0.6) is 0 Å². The number of carbonyl (C=O) groups excluding carboxylic acids is 1. The Kier molecular flexibility index (Phi) is 6.09. The van der Waals surface area contributed by atoms with Crippen molar-refractivity contribution in [1.82, 2.24) is 10.2 Å². The molecule has 7 heteroatoms. The summed E-state index contributed by atoms with van der Waals surface area (Å²) in [5, 5.41) is 2.83. The van der Waals surface area contributed by atoms with E-state index in [1.165, 1.54) is 11.8 Å². The molecule has 1 aliphatic heterocycles. The van der Waals surface area contributed by atoms with Gasteiger partial charge >= 0.3 is 0 Å². The fourth-order valence-electron chi connectivity index (χ4n) is 3.75. The van der Waals surface area contributed by atoms with Gasteiger partial charge in [0.1, 0.15) is 5.76 Å². The summed E-state index contributed by atoms with van der Waals surface area (Å²) in [6, 6.07) is 17.0. The third kappa shape index (κ3) is 4.52. The van der Waals surface area contributed by atoms with E-state index in [1.807, 2.05) is 30.3 Å². The molecule has 1 N–H and O–H groups in total. The SMILES string of the molecule is O=C(NCC(c1ccco1)N1CCN(c2ccccc2)CC1)c1ccc(F)c(F)c1. The summed E-state index contributed by atoms with van der Waals surface area (Å²) >= 11 is 0. The maximum atomic E-state index is 13.4. The van der Waals surface area contributed by atoms with Crippen molar-refractivity contribution < 1.29 is 18.0 Å². The molecule has 2 heterocycles. The van der Waals surface area contributed by atoms with Crippen LogP contribution in [0.4, 0.5) is 14.5 Å². The number of anilines is 1. The molecular formula is C23H23F2N3O2. The van der Waals surface area contributed by atoms with Gasteiger partial charge in [-0.2, -0.15) is 0 Å². The first-order valence-corrected chi connectivity index (χ1v) is 9.92. The zero-order valence-corrected chi connectivity index (χ0v) is 16.4.